The Morgan fingerprint density at radius 1 is 1.21 bits per heavy atom. The fourth-order valence-corrected chi connectivity index (χ4v) is 3.94. The Bertz CT molecular complexity index is 894. The number of ether oxygens (including phenoxy) is 1. The molecule has 1 amide bonds. The first-order chi connectivity index (χ1) is 13.5. The van der Waals surface area contributed by atoms with Gasteiger partial charge in [-0.05, 0) is 18.1 Å². The highest BCUT2D eigenvalue weighted by Gasteiger charge is 2.60. The van der Waals surface area contributed by atoms with Gasteiger partial charge in [-0.15, -0.1) is 0 Å². The van der Waals surface area contributed by atoms with E-state index in [2.05, 4.69) is 6.07 Å². The molecule has 0 spiro atoms. The van der Waals surface area contributed by atoms with Crippen molar-refractivity contribution in [1.82, 2.24) is 4.90 Å². The number of likely N-dealkylation sites (tertiary alicyclic amines) is 1. The average Bonchev–Trinajstić information content (AvgIpc) is 3.06. The van der Waals surface area contributed by atoms with Gasteiger partial charge in [0.05, 0.1) is 37.8 Å². The number of nitrogens with zero attached hydrogens (tertiary/aromatic N) is 2. The third-order valence-corrected chi connectivity index (χ3v) is 5.36. The largest absolute Gasteiger partial charge is 0.468 e. The van der Waals surface area contributed by atoms with Gasteiger partial charge in [-0.1, -0.05) is 60.7 Å². The number of hydrogen-bond donors (Lipinski definition) is 1. The molecule has 1 N–H and O–H groups in total. The molecule has 0 bridgehead atoms. The van der Waals surface area contributed by atoms with Gasteiger partial charge in [-0.3, -0.25) is 9.59 Å². The van der Waals surface area contributed by atoms with E-state index < -0.39 is 29.6 Å². The smallest absolute Gasteiger partial charge is 0.329 e. The minimum atomic E-state index is -1.67. The van der Waals surface area contributed by atoms with Crippen molar-refractivity contribution in [2.45, 2.75) is 31.5 Å². The number of nitriles is 1. The van der Waals surface area contributed by atoms with E-state index in [4.69, 9.17) is 4.74 Å². The van der Waals surface area contributed by atoms with Gasteiger partial charge >= 0.3 is 5.97 Å². The normalized spacial score (nSPS) is 23.7. The van der Waals surface area contributed by atoms with Crippen LogP contribution >= 0.6 is 0 Å². The summed E-state index contributed by atoms with van der Waals surface area (Å²) in [5.41, 5.74) is -0.368. The molecule has 6 heteroatoms. The zero-order valence-corrected chi connectivity index (χ0v) is 15.8. The van der Waals surface area contributed by atoms with Gasteiger partial charge in [0.2, 0.25) is 5.91 Å². The summed E-state index contributed by atoms with van der Waals surface area (Å²) in [5, 5.41) is 20.8. The number of carbonyl (C=O) groups is 2. The first-order valence-corrected chi connectivity index (χ1v) is 9.05. The Morgan fingerprint density at radius 3 is 2.32 bits per heavy atom. The Labute approximate surface area is 164 Å². The maximum Gasteiger partial charge on any atom is 0.329 e. The SMILES string of the molecule is COC(=O)[C@]1(C#N)CC(=O)N([C@H](C)[C@H](O)c2ccccc2)[C@@H]1c1ccccc1. The van der Waals surface area contributed by atoms with Gasteiger partial charge in [0.1, 0.15) is 0 Å². The predicted octanol–water partition coefficient (Wildman–Crippen LogP) is 2.77. The van der Waals surface area contributed by atoms with Crippen molar-refractivity contribution < 1.29 is 19.4 Å². The van der Waals surface area contributed by atoms with Crippen LogP contribution in [0, 0.1) is 16.7 Å². The fourth-order valence-electron chi connectivity index (χ4n) is 3.94. The molecule has 1 aliphatic rings. The molecule has 6 nitrogen and oxygen atoms in total. The van der Waals surface area contributed by atoms with Crippen molar-refractivity contribution in [2.24, 2.45) is 5.41 Å². The first kappa shape index (κ1) is 19.6. The molecule has 0 aromatic heterocycles. The lowest BCUT2D eigenvalue weighted by molar-refractivity contribution is -0.151. The molecule has 3 rings (SSSR count). The van der Waals surface area contributed by atoms with E-state index in [0.29, 0.717) is 11.1 Å². The van der Waals surface area contributed by atoms with Crippen LogP contribution in [0.15, 0.2) is 60.7 Å². The summed E-state index contributed by atoms with van der Waals surface area (Å²) in [4.78, 5) is 27.1. The Balaban J connectivity index is 2.09. The highest BCUT2D eigenvalue weighted by Crippen LogP contribution is 2.50. The second-order valence-corrected chi connectivity index (χ2v) is 6.96. The molecule has 0 unspecified atom stereocenters. The van der Waals surface area contributed by atoms with Crippen molar-refractivity contribution in [1.29, 1.82) is 5.26 Å². The van der Waals surface area contributed by atoms with Crippen LogP contribution < -0.4 is 0 Å². The van der Waals surface area contributed by atoms with Gasteiger partial charge in [-0.25, -0.2) is 0 Å². The summed E-state index contributed by atoms with van der Waals surface area (Å²) in [7, 11) is 1.21. The van der Waals surface area contributed by atoms with E-state index in [0.717, 1.165) is 0 Å². The molecule has 1 saturated heterocycles. The third kappa shape index (κ3) is 3.14. The lowest BCUT2D eigenvalue weighted by Gasteiger charge is -2.37. The number of aliphatic hydroxyl groups is 1. The van der Waals surface area contributed by atoms with Crippen molar-refractivity contribution in [3.05, 3.63) is 71.8 Å². The van der Waals surface area contributed by atoms with Crippen LogP contribution in [0.25, 0.3) is 0 Å². The van der Waals surface area contributed by atoms with Crippen LogP contribution in [0.5, 0.6) is 0 Å². The topological polar surface area (TPSA) is 90.6 Å². The molecule has 144 valence electrons. The highest BCUT2D eigenvalue weighted by atomic mass is 16.5. The minimum absolute atomic E-state index is 0.290. The van der Waals surface area contributed by atoms with E-state index in [9.17, 15) is 20.0 Å². The molecule has 1 aliphatic heterocycles. The molecule has 4 atom stereocenters. The van der Waals surface area contributed by atoms with E-state index in [1.165, 1.54) is 12.0 Å². The van der Waals surface area contributed by atoms with Crippen LogP contribution in [0.1, 0.15) is 36.6 Å². The predicted molar refractivity (Wildman–Crippen MR) is 102 cm³/mol. The highest BCUT2D eigenvalue weighted by molar-refractivity contribution is 5.93. The van der Waals surface area contributed by atoms with E-state index in [-0.39, 0.29) is 12.3 Å². The molecule has 2 aromatic carbocycles. The van der Waals surface area contributed by atoms with E-state index in [1.54, 1.807) is 55.5 Å². The maximum atomic E-state index is 13.0. The average molecular weight is 378 g/mol. The van der Waals surface area contributed by atoms with Crippen LogP contribution in [0.3, 0.4) is 0 Å². The van der Waals surface area contributed by atoms with Gasteiger partial charge in [0, 0.05) is 0 Å². The van der Waals surface area contributed by atoms with Crippen molar-refractivity contribution >= 4 is 11.9 Å². The van der Waals surface area contributed by atoms with Gasteiger partial charge in [0.15, 0.2) is 5.41 Å². The third-order valence-electron chi connectivity index (χ3n) is 5.36. The molecular formula is C22H22N2O4. The maximum absolute atomic E-state index is 13.0. The van der Waals surface area contributed by atoms with Crippen LogP contribution in [-0.4, -0.2) is 35.0 Å². The summed E-state index contributed by atoms with van der Waals surface area (Å²) in [5.74, 6) is -1.12. The lowest BCUT2D eigenvalue weighted by Crippen LogP contribution is -2.44. The molecular weight excluding hydrogens is 356 g/mol. The van der Waals surface area contributed by atoms with Crippen LogP contribution in [-0.2, 0) is 14.3 Å². The minimum Gasteiger partial charge on any atom is -0.468 e. The molecule has 0 aliphatic carbocycles. The fraction of sp³-hybridized carbons (Fsp3) is 0.318. The van der Waals surface area contributed by atoms with Gasteiger partial charge in [-0.2, -0.15) is 5.26 Å². The number of amides is 1. The van der Waals surface area contributed by atoms with Crippen molar-refractivity contribution in [3.63, 3.8) is 0 Å². The Morgan fingerprint density at radius 2 is 1.79 bits per heavy atom. The summed E-state index contributed by atoms with van der Waals surface area (Å²) in [6.07, 6.45) is -1.26. The quantitative estimate of drug-likeness (QED) is 0.808. The molecule has 1 fully saturated rings. The number of benzene rings is 2. The second kappa shape index (κ2) is 7.83. The second-order valence-electron chi connectivity index (χ2n) is 6.96. The van der Waals surface area contributed by atoms with Gasteiger partial charge < -0.3 is 14.7 Å². The Hall–Kier alpha value is -3.17. The zero-order chi connectivity index (χ0) is 20.3. The standard InChI is InChI=1S/C22H22N2O4/c1-15(19(26)16-9-5-3-6-10-16)24-18(25)13-22(14-23,21(27)28-2)20(24)17-11-7-4-8-12-17/h3-12,15,19-20,26H,13H2,1-2H3/t15-,19+,20-,22+/m1/s1. The first-order valence-electron chi connectivity index (χ1n) is 9.05. The molecule has 0 saturated carbocycles. The number of methoxy groups -OCH3 is 1. The monoisotopic (exact) mass is 378 g/mol. The van der Waals surface area contributed by atoms with Gasteiger partial charge in [0.25, 0.3) is 0 Å². The number of hydrogen-bond acceptors (Lipinski definition) is 5. The summed E-state index contributed by atoms with van der Waals surface area (Å²) in [6.45, 7) is 1.72. The molecule has 0 radical (unpaired) electrons. The number of aliphatic hydroxyl groups excluding tert-OH is 1. The van der Waals surface area contributed by atoms with Crippen molar-refractivity contribution in [3.8, 4) is 6.07 Å². The van der Waals surface area contributed by atoms with Crippen LogP contribution in [0.2, 0.25) is 0 Å². The summed E-state index contributed by atoms with van der Waals surface area (Å²) in [6, 6.07) is 18.5. The number of carbonyl (C=O) groups excluding carboxylic acids is 2. The zero-order valence-electron chi connectivity index (χ0n) is 15.8. The molecule has 28 heavy (non-hydrogen) atoms. The number of rotatable bonds is 5. The molecule has 1 heterocycles. The van der Waals surface area contributed by atoms with Crippen LogP contribution in [0.4, 0.5) is 0 Å². The Kier molecular flexibility index (Phi) is 5.48. The van der Waals surface area contributed by atoms with E-state index >= 15 is 0 Å². The van der Waals surface area contributed by atoms with Crippen molar-refractivity contribution in [2.75, 3.05) is 7.11 Å². The lowest BCUT2D eigenvalue weighted by atomic mass is 9.78. The summed E-state index contributed by atoms with van der Waals surface area (Å²) < 4.78 is 4.90. The van der Waals surface area contributed by atoms with E-state index in [1.807, 2.05) is 12.1 Å². The summed E-state index contributed by atoms with van der Waals surface area (Å²) >= 11 is 0. The molecule has 2 aromatic rings. The number of esters is 1.